The Morgan fingerprint density at radius 3 is 3.12 bits per heavy atom. The molecule has 0 amide bonds. The first kappa shape index (κ1) is 9.69. The van der Waals surface area contributed by atoms with E-state index in [0.29, 0.717) is 11.8 Å². The number of fused-ring (bicyclic) bond motifs is 2. The number of rotatable bonds is 2. The van der Waals surface area contributed by atoms with Gasteiger partial charge in [-0.25, -0.2) is 0 Å². The van der Waals surface area contributed by atoms with Gasteiger partial charge in [0.15, 0.2) is 5.82 Å². The summed E-state index contributed by atoms with van der Waals surface area (Å²) in [6.45, 7) is 1.86. The van der Waals surface area contributed by atoms with Gasteiger partial charge in [0.1, 0.15) is 5.76 Å². The van der Waals surface area contributed by atoms with E-state index in [2.05, 4.69) is 15.6 Å². The van der Waals surface area contributed by atoms with E-state index in [1.54, 1.807) is 0 Å². The topological polar surface area (TPSA) is 70.7 Å². The Labute approximate surface area is 93.5 Å². The molecule has 2 aliphatic rings. The largest absolute Gasteiger partial charge is 0.411 e. The van der Waals surface area contributed by atoms with Gasteiger partial charge in [-0.1, -0.05) is 10.3 Å². The smallest absolute Gasteiger partial charge is 0.170 e. The van der Waals surface area contributed by atoms with Crippen molar-refractivity contribution in [1.82, 2.24) is 5.16 Å². The Balaban J connectivity index is 1.80. The summed E-state index contributed by atoms with van der Waals surface area (Å²) in [4.78, 5) is 0. The number of anilines is 1. The van der Waals surface area contributed by atoms with Gasteiger partial charge in [-0.3, -0.25) is 0 Å². The Bertz CT molecular complexity index is 427. The highest BCUT2D eigenvalue weighted by atomic mass is 16.5. The van der Waals surface area contributed by atoms with Gasteiger partial charge in [0.2, 0.25) is 0 Å². The second kappa shape index (κ2) is 3.50. The number of aryl methyl sites for hydroxylation is 1. The first-order chi connectivity index (χ1) is 7.78. The van der Waals surface area contributed by atoms with E-state index in [9.17, 15) is 0 Å². The van der Waals surface area contributed by atoms with E-state index >= 15 is 0 Å². The van der Waals surface area contributed by atoms with Gasteiger partial charge >= 0.3 is 0 Å². The Morgan fingerprint density at radius 1 is 1.56 bits per heavy atom. The summed E-state index contributed by atoms with van der Waals surface area (Å²) in [5.74, 6) is 2.55. The summed E-state index contributed by atoms with van der Waals surface area (Å²) in [7, 11) is 0. The zero-order valence-electron chi connectivity index (χ0n) is 9.18. The van der Waals surface area contributed by atoms with Crippen LogP contribution in [0.5, 0.6) is 0 Å². The molecule has 3 atom stereocenters. The molecule has 0 spiro atoms. The van der Waals surface area contributed by atoms with Crippen LogP contribution in [0.4, 0.5) is 5.82 Å². The van der Waals surface area contributed by atoms with Crippen LogP contribution < -0.4 is 5.32 Å². The SMILES string of the molecule is Cc1cc(NC2/C(=N\O)C3CCC2C3)no1. The number of oxime groups is 1. The number of hydrogen-bond donors (Lipinski definition) is 2. The maximum absolute atomic E-state index is 9.05. The quantitative estimate of drug-likeness (QED) is 0.592. The second-order valence-electron chi connectivity index (χ2n) is 4.74. The Kier molecular flexibility index (Phi) is 2.12. The standard InChI is InChI=1S/C11H15N3O2/c1-6-4-9(14-16-6)12-10-7-2-3-8(5-7)11(10)13-15/h4,7-8,10,15H,2-3,5H2,1H3,(H,12,14)/b13-11-. The highest BCUT2D eigenvalue weighted by molar-refractivity contribution is 5.96. The fraction of sp³-hybridized carbons (Fsp3) is 0.636. The maximum atomic E-state index is 9.05. The number of nitrogens with zero attached hydrogens (tertiary/aromatic N) is 2. The molecule has 2 N–H and O–H groups in total. The molecule has 2 bridgehead atoms. The van der Waals surface area contributed by atoms with Gasteiger partial charge in [-0.2, -0.15) is 0 Å². The molecule has 0 aliphatic heterocycles. The third-order valence-electron chi connectivity index (χ3n) is 3.73. The molecule has 5 nitrogen and oxygen atoms in total. The molecule has 1 aromatic rings. The lowest BCUT2D eigenvalue weighted by atomic mass is 9.93. The number of aromatic nitrogens is 1. The van der Waals surface area contributed by atoms with Crippen LogP contribution >= 0.6 is 0 Å². The average Bonchev–Trinajstić information content (AvgIpc) is 2.94. The van der Waals surface area contributed by atoms with Gasteiger partial charge in [0, 0.05) is 12.0 Å². The Hall–Kier alpha value is -1.52. The molecular formula is C11H15N3O2. The van der Waals surface area contributed by atoms with Crippen LogP contribution in [0.3, 0.4) is 0 Å². The normalized spacial score (nSPS) is 34.8. The third-order valence-corrected chi connectivity index (χ3v) is 3.73. The summed E-state index contributed by atoms with van der Waals surface area (Å²) in [5, 5.41) is 19.7. The van der Waals surface area contributed by atoms with Crippen molar-refractivity contribution >= 4 is 11.5 Å². The van der Waals surface area contributed by atoms with Crippen molar-refractivity contribution in [2.75, 3.05) is 5.32 Å². The molecule has 3 rings (SSSR count). The minimum Gasteiger partial charge on any atom is -0.411 e. The van der Waals surface area contributed by atoms with E-state index in [0.717, 1.165) is 30.1 Å². The monoisotopic (exact) mass is 221 g/mol. The molecule has 5 heteroatoms. The van der Waals surface area contributed by atoms with Crippen molar-refractivity contribution in [2.24, 2.45) is 17.0 Å². The van der Waals surface area contributed by atoms with Gasteiger partial charge in [-0.15, -0.1) is 0 Å². The van der Waals surface area contributed by atoms with Crippen LogP contribution in [0.2, 0.25) is 0 Å². The average molecular weight is 221 g/mol. The molecule has 0 radical (unpaired) electrons. The van der Waals surface area contributed by atoms with Crippen LogP contribution in [0.25, 0.3) is 0 Å². The summed E-state index contributed by atoms with van der Waals surface area (Å²) in [5.41, 5.74) is 0.886. The fourth-order valence-corrected chi connectivity index (χ4v) is 3.01. The van der Waals surface area contributed by atoms with Crippen LogP contribution in [0.1, 0.15) is 25.0 Å². The van der Waals surface area contributed by atoms with E-state index in [1.165, 1.54) is 6.42 Å². The molecule has 2 aliphatic carbocycles. The maximum Gasteiger partial charge on any atom is 0.170 e. The van der Waals surface area contributed by atoms with E-state index in [4.69, 9.17) is 9.73 Å². The first-order valence-corrected chi connectivity index (χ1v) is 5.69. The van der Waals surface area contributed by atoms with Crippen molar-refractivity contribution in [2.45, 2.75) is 32.2 Å². The van der Waals surface area contributed by atoms with Gasteiger partial charge < -0.3 is 15.0 Å². The molecule has 2 fully saturated rings. The van der Waals surface area contributed by atoms with Gasteiger partial charge in [0.25, 0.3) is 0 Å². The van der Waals surface area contributed by atoms with Crippen molar-refractivity contribution in [3.05, 3.63) is 11.8 Å². The summed E-state index contributed by atoms with van der Waals surface area (Å²) in [6, 6.07) is 1.99. The molecule has 86 valence electrons. The molecule has 3 unspecified atom stereocenters. The Morgan fingerprint density at radius 2 is 2.44 bits per heavy atom. The lowest BCUT2D eigenvalue weighted by Crippen LogP contribution is -2.35. The van der Waals surface area contributed by atoms with Crippen LogP contribution in [-0.2, 0) is 0 Å². The van der Waals surface area contributed by atoms with Crippen molar-refractivity contribution in [1.29, 1.82) is 0 Å². The number of hydrogen-bond acceptors (Lipinski definition) is 5. The molecular weight excluding hydrogens is 206 g/mol. The predicted octanol–water partition coefficient (Wildman–Crippen LogP) is 2.02. The van der Waals surface area contributed by atoms with Crippen LogP contribution in [-0.4, -0.2) is 22.1 Å². The molecule has 16 heavy (non-hydrogen) atoms. The van der Waals surface area contributed by atoms with Crippen molar-refractivity contribution in [3.63, 3.8) is 0 Å². The molecule has 1 heterocycles. The fourth-order valence-electron chi connectivity index (χ4n) is 3.01. The third kappa shape index (κ3) is 1.38. The minimum atomic E-state index is 0.133. The first-order valence-electron chi connectivity index (χ1n) is 5.69. The van der Waals surface area contributed by atoms with Gasteiger partial charge in [-0.05, 0) is 32.1 Å². The summed E-state index contributed by atoms with van der Waals surface area (Å²) >= 11 is 0. The highest BCUT2D eigenvalue weighted by Crippen LogP contribution is 2.43. The highest BCUT2D eigenvalue weighted by Gasteiger charge is 2.45. The molecule has 2 saturated carbocycles. The van der Waals surface area contributed by atoms with E-state index in [-0.39, 0.29) is 6.04 Å². The predicted molar refractivity (Wildman–Crippen MR) is 58.7 cm³/mol. The summed E-state index contributed by atoms with van der Waals surface area (Å²) in [6.07, 6.45) is 3.49. The second-order valence-corrected chi connectivity index (χ2v) is 4.74. The minimum absolute atomic E-state index is 0.133. The molecule has 0 saturated heterocycles. The van der Waals surface area contributed by atoms with Gasteiger partial charge in [0.05, 0.1) is 11.8 Å². The van der Waals surface area contributed by atoms with Crippen LogP contribution in [0, 0.1) is 18.8 Å². The lowest BCUT2D eigenvalue weighted by molar-refractivity contribution is 0.312. The molecule has 1 aromatic heterocycles. The zero-order valence-corrected chi connectivity index (χ0v) is 9.18. The lowest BCUT2D eigenvalue weighted by Gasteiger charge is -2.23. The summed E-state index contributed by atoms with van der Waals surface area (Å²) < 4.78 is 5.01. The number of nitrogens with one attached hydrogen (secondary N) is 1. The molecule has 0 aromatic carbocycles. The van der Waals surface area contributed by atoms with Crippen molar-refractivity contribution < 1.29 is 9.73 Å². The van der Waals surface area contributed by atoms with E-state index < -0.39 is 0 Å². The van der Waals surface area contributed by atoms with Crippen LogP contribution in [0.15, 0.2) is 15.7 Å². The van der Waals surface area contributed by atoms with Crippen molar-refractivity contribution in [3.8, 4) is 0 Å². The van der Waals surface area contributed by atoms with E-state index in [1.807, 2.05) is 13.0 Å². The zero-order chi connectivity index (χ0) is 11.1.